The molecule has 2 rings (SSSR count). The first-order valence-electron chi connectivity index (χ1n) is 7.96. The van der Waals surface area contributed by atoms with Gasteiger partial charge in [-0.3, -0.25) is 5.43 Å². The number of hydrazone groups is 1. The second-order valence-corrected chi connectivity index (χ2v) is 5.94. The molecular formula is C19H23N3O3S. The normalized spacial score (nSPS) is 10.5. The fourth-order valence-corrected chi connectivity index (χ4v) is 2.54. The summed E-state index contributed by atoms with van der Waals surface area (Å²) in [5.74, 6) is 1.65. The van der Waals surface area contributed by atoms with Gasteiger partial charge in [0.25, 0.3) is 0 Å². The summed E-state index contributed by atoms with van der Waals surface area (Å²) in [6.07, 6.45) is 1.63. The molecule has 0 unspecified atom stereocenters. The van der Waals surface area contributed by atoms with Crippen molar-refractivity contribution in [1.29, 1.82) is 0 Å². The van der Waals surface area contributed by atoms with Gasteiger partial charge in [-0.05, 0) is 55.4 Å². The summed E-state index contributed by atoms with van der Waals surface area (Å²) in [6, 6.07) is 9.60. The Morgan fingerprint density at radius 1 is 1.04 bits per heavy atom. The topological polar surface area (TPSA) is 64.1 Å². The molecule has 0 heterocycles. The Kier molecular flexibility index (Phi) is 6.80. The van der Waals surface area contributed by atoms with Gasteiger partial charge in [-0.2, -0.15) is 5.10 Å². The highest BCUT2D eigenvalue weighted by Crippen LogP contribution is 2.37. The number of aryl methyl sites for hydroxylation is 1. The van der Waals surface area contributed by atoms with Crippen molar-refractivity contribution in [2.24, 2.45) is 5.10 Å². The standard InChI is InChI=1S/C19H23N3O3S/c1-12-7-6-8-15(13(12)2)21-19(26)22-20-11-14-9-16(23-3)18(25-5)17(10-14)24-4/h6-11H,1-5H3,(H2,21,22,26)/b20-11-. The van der Waals surface area contributed by atoms with Gasteiger partial charge in [0.05, 0.1) is 27.5 Å². The molecule has 0 bridgehead atoms. The molecular weight excluding hydrogens is 350 g/mol. The molecule has 2 aromatic carbocycles. The van der Waals surface area contributed by atoms with E-state index in [9.17, 15) is 0 Å². The fraction of sp³-hybridized carbons (Fsp3) is 0.263. The Morgan fingerprint density at radius 3 is 2.27 bits per heavy atom. The first kappa shape index (κ1) is 19.5. The molecule has 2 N–H and O–H groups in total. The van der Waals surface area contributed by atoms with E-state index in [1.54, 1.807) is 39.7 Å². The highest BCUT2D eigenvalue weighted by molar-refractivity contribution is 7.80. The number of ether oxygens (including phenoxy) is 3. The molecule has 0 aromatic heterocycles. The van der Waals surface area contributed by atoms with E-state index in [0.29, 0.717) is 22.4 Å². The zero-order chi connectivity index (χ0) is 19.1. The third kappa shape index (κ3) is 4.64. The molecule has 0 saturated carbocycles. The molecule has 2 aromatic rings. The van der Waals surface area contributed by atoms with Crippen molar-refractivity contribution >= 4 is 29.2 Å². The van der Waals surface area contributed by atoms with Crippen LogP contribution in [0.4, 0.5) is 5.69 Å². The van der Waals surface area contributed by atoms with Crippen molar-refractivity contribution < 1.29 is 14.2 Å². The van der Waals surface area contributed by atoms with Crippen molar-refractivity contribution in [2.75, 3.05) is 26.6 Å². The summed E-state index contributed by atoms with van der Waals surface area (Å²) < 4.78 is 16.0. The zero-order valence-electron chi connectivity index (χ0n) is 15.5. The number of rotatable bonds is 6. The predicted octanol–water partition coefficient (Wildman–Crippen LogP) is 3.65. The number of methoxy groups -OCH3 is 3. The van der Waals surface area contributed by atoms with Crippen LogP contribution in [-0.2, 0) is 0 Å². The monoisotopic (exact) mass is 373 g/mol. The maximum absolute atomic E-state index is 5.32. The second-order valence-electron chi connectivity index (χ2n) is 5.53. The van der Waals surface area contributed by atoms with Gasteiger partial charge in [0, 0.05) is 11.3 Å². The Labute approximate surface area is 159 Å². The molecule has 138 valence electrons. The molecule has 0 aliphatic rings. The largest absolute Gasteiger partial charge is 0.493 e. The number of benzene rings is 2. The minimum atomic E-state index is 0.405. The lowest BCUT2D eigenvalue weighted by molar-refractivity contribution is 0.324. The van der Waals surface area contributed by atoms with Crippen LogP contribution in [0, 0.1) is 13.8 Å². The smallest absolute Gasteiger partial charge is 0.203 e. The Bertz CT molecular complexity index is 797. The van der Waals surface area contributed by atoms with E-state index in [2.05, 4.69) is 28.8 Å². The van der Waals surface area contributed by atoms with Crippen molar-refractivity contribution in [1.82, 2.24) is 5.43 Å². The molecule has 26 heavy (non-hydrogen) atoms. The van der Waals surface area contributed by atoms with Crippen LogP contribution in [0.25, 0.3) is 0 Å². The first-order chi connectivity index (χ1) is 12.5. The van der Waals surface area contributed by atoms with Crippen LogP contribution in [-0.4, -0.2) is 32.7 Å². The molecule has 0 fully saturated rings. The SMILES string of the molecule is COc1cc(/C=N\NC(=S)Nc2cccc(C)c2C)cc(OC)c1OC. The summed E-state index contributed by atoms with van der Waals surface area (Å²) in [5.41, 5.74) is 6.87. The van der Waals surface area contributed by atoms with Crippen LogP contribution in [0.15, 0.2) is 35.4 Å². The van der Waals surface area contributed by atoms with Crippen LogP contribution in [0.2, 0.25) is 0 Å². The van der Waals surface area contributed by atoms with E-state index in [1.807, 2.05) is 19.1 Å². The molecule has 0 amide bonds. The lowest BCUT2D eigenvalue weighted by Gasteiger charge is -2.13. The number of hydrogen-bond acceptors (Lipinski definition) is 5. The maximum Gasteiger partial charge on any atom is 0.203 e. The summed E-state index contributed by atoms with van der Waals surface area (Å²) in [6.45, 7) is 4.10. The van der Waals surface area contributed by atoms with Crippen LogP contribution >= 0.6 is 12.2 Å². The highest BCUT2D eigenvalue weighted by Gasteiger charge is 2.12. The predicted molar refractivity (Wildman–Crippen MR) is 109 cm³/mol. The van der Waals surface area contributed by atoms with Gasteiger partial charge in [-0.15, -0.1) is 0 Å². The average Bonchev–Trinajstić information content (AvgIpc) is 2.64. The maximum atomic E-state index is 5.32. The Morgan fingerprint density at radius 2 is 1.69 bits per heavy atom. The third-order valence-corrected chi connectivity index (χ3v) is 4.11. The number of thiocarbonyl (C=S) groups is 1. The van der Waals surface area contributed by atoms with E-state index in [0.717, 1.165) is 16.8 Å². The molecule has 6 nitrogen and oxygen atoms in total. The van der Waals surface area contributed by atoms with Gasteiger partial charge in [0.2, 0.25) is 5.75 Å². The minimum absolute atomic E-state index is 0.405. The van der Waals surface area contributed by atoms with E-state index in [1.165, 1.54) is 5.56 Å². The van der Waals surface area contributed by atoms with Crippen LogP contribution in [0.5, 0.6) is 17.2 Å². The van der Waals surface area contributed by atoms with Gasteiger partial charge < -0.3 is 19.5 Å². The summed E-state index contributed by atoms with van der Waals surface area (Å²) in [7, 11) is 4.70. The quantitative estimate of drug-likeness (QED) is 0.458. The molecule has 0 spiro atoms. The Hall–Kier alpha value is -2.80. The molecule has 0 atom stereocenters. The van der Waals surface area contributed by atoms with E-state index >= 15 is 0 Å². The number of nitrogens with one attached hydrogen (secondary N) is 2. The number of nitrogens with zero attached hydrogens (tertiary/aromatic N) is 1. The van der Waals surface area contributed by atoms with Crippen molar-refractivity contribution in [3.63, 3.8) is 0 Å². The van der Waals surface area contributed by atoms with E-state index in [-0.39, 0.29) is 0 Å². The third-order valence-electron chi connectivity index (χ3n) is 3.92. The van der Waals surface area contributed by atoms with E-state index < -0.39 is 0 Å². The zero-order valence-corrected chi connectivity index (χ0v) is 16.4. The minimum Gasteiger partial charge on any atom is -0.493 e. The van der Waals surface area contributed by atoms with Crippen LogP contribution in [0.1, 0.15) is 16.7 Å². The Balaban J connectivity index is 2.08. The van der Waals surface area contributed by atoms with Gasteiger partial charge >= 0.3 is 0 Å². The average molecular weight is 373 g/mol. The summed E-state index contributed by atoms with van der Waals surface area (Å²) in [5, 5.41) is 7.71. The van der Waals surface area contributed by atoms with Gasteiger partial charge in [0.1, 0.15) is 0 Å². The van der Waals surface area contributed by atoms with Gasteiger partial charge in [-0.1, -0.05) is 12.1 Å². The number of hydrogen-bond donors (Lipinski definition) is 2. The number of anilines is 1. The van der Waals surface area contributed by atoms with Crippen molar-refractivity contribution in [3.05, 3.63) is 47.0 Å². The molecule has 7 heteroatoms. The van der Waals surface area contributed by atoms with Crippen LogP contribution in [0.3, 0.4) is 0 Å². The molecule has 0 saturated heterocycles. The molecule has 0 radical (unpaired) electrons. The lowest BCUT2D eigenvalue weighted by Crippen LogP contribution is -2.24. The summed E-state index contributed by atoms with van der Waals surface area (Å²) >= 11 is 5.29. The summed E-state index contributed by atoms with van der Waals surface area (Å²) in [4.78, 5) is 0. The molecule has 0 aliphatic carbocycles. The molecule has 0 aliphatic heterocycles. The second kappa shape index (κ2) is 9.05. The highest BCUT2D eigenvalue weighted by atomic mass is 32.1. The van der Waals surface area contributed by atoms with E-state index in [4.69, 9.17) is 26.4 Å². The first-order valence-corrected chi connectivity index (χ1v) is 8.37. The van der Waals surface area contributed by atoms with Crippen molar-refractivity contribution in [3.8, 4) is 17.2 Å². The van der Waals surface area contributed by atoms with Gasteiger partial charge in [-0.25, -0.2) is 0 Å². The lowest BCUT2D eigenvalue weighted by atomic mass is 10.1. The van der Waals surface area contributed by atoms with Crippen molar-refractivity contribution in [2.45, 2.75) is 13.8 Å². The fourth-order valence-electron chi connectivity index (χ4n) is 2.38. The van der Waals surface area contributed by atoms with Crippen LogP contribution < -0.4 is 25.0 Å². The van der Waals surface area contributed by atoms with Gasteiger partial charge in [0.15, 0.2) is 16.6 Å².